The predicted molar refractivity (Wildman–Crippen MR) is 71.0 cm³/mol. The van der Waals surface area contributed by atoms with E-state index in [-0.39, 0.29) is 11.3 Å². The lowest BCUT2D eigenvalue weighted by Crippen LogP contribution is -2.16. The lowest BCUT2D eigenvalue weighted by molar-refractivity contribution is -0.386. The van der Waals surface area contributed by atoms with Crippen LogP contribution in [0.2, 0.25) is 0 Å². The van der Waals surface area contributed by atoms with Gasteiger partial charge in [-0.25, -0.2) is 4.79 Å². The first kappa shape index (κ1) is 13.4. The molecule has 0 N–H and O–H groups in total. The third kappa shape index (κ3) is 2.67. The number of nitro benzene ring substituents is 1. The van der Waals surface area contributed by atoms with Crippen LogP contribution in [0.3, 0.4) is 0 Å². The van der Waals surface area contributed by atoms with Gasteiger partial charge in [0, 0.05) is 18.5 Å². The Kier molecular flexibility index (Phi) is 3.82. The van der Waals surface area contributed by atoms with Crippen molar-refractivity contribution in [1.82, 2.24) is 4.57 Å². The van der Waals surface area contributed by atoms with Gasteiger partial charge in [-0.3, -0.25) is 14.7 Å². The Labute approximate surface area is 114 Å². The van der Waals surface area contributed by atoms with Crippen LogP contribution in [0, 0.1) is 22.5 Å². The third-order valence-electron chi connectivity index (χ3n) is 2.60. The summed E-state index contributed by atoms with van der Waals surface area (Å²) in [5, 5.41) is 10.9. The topological polar surface area (TPSA) is 74.4 Å². The fourth-order valence-corrected chi connectivity index (χ4v) is 1.68. The van der Waals surface area contributed by atoms with Crippen LogP contribution in [-0.4, -0.2) is 15.6 Å². The number of carbonyl (C=O) groups is 1. The van der Waals surface area contributed by atoms with Gasteiger partial charge in [-0.05, 0) is 18.2 Å². The number of aromatic nitrogens is 1. The number of nitrogens with zero attached hydrogens (tertiary/aromatic N) is 2. The molecule has 0 saturated carbocycles. The molecule has 1 atom stereocenters. The van der Waals surface area contributed by atoms with Gasteiger partial charge in [0.2, 0.25) is 0 Å². The van der Waals surface area contributed by atoms with Crippen molar-refractivity contribution in [2.24, 2.45) is 0 Å². The minimum Gasteiger partial charge on any atom is -0.427 e. The highest BCUT2D eigenvalue weighted by molar-refractivity contribution is 5.71. The van der Waals surface area contributed by atoms with Crippen molar-refractivity contribution in [3.63, 3.8) is 0 Å². The van der Waals surface area contributed by atoms with Crippen molar-refractivity contribution in [2.75, 3.05) is 0 Å². The molecule has 0 radical (unpaired) electrons. The Morgan fingerprint density at radius 1 is 1.30 bits per heavy atom. The molecule has 2 rings (SSSR count). The Hall–Kier alpha value is -3.07. The van der Waals surface area contributed by atoms with Gasteiger partial charge in [0.25, 0.3) is 5.69 Å². The number of benzene rings is 1. The van der Waals surface area contributed by atoms with E-state index >= 15 is 0 Å². The molecule has 1 unspecified atom stereocenters. The fourth-order valence-electron chi connectivity index (χ4n) is 1.68. The maximum absolute atomic E-state index is 11.8. The lowest BCUT2D eigenvalue weighted by atomic mass is 10.1. The number of terminal acetylenes is 1. The Bertz CT molecular complexity index is 671. The van der Waals surface area contributed by atoms with Crippen LogP contribution in [-0.2, 0) is 4.74 Å². The molecule has 0 bridgehead atoms. The van der Waals surface area contributed by atoms with Gasteiger partial charge >= 0.3 is 6.09 Å². The van der Waals surface area contributed by atoms with Gasteiger partial charge in [0.05, 0.1) is 10.5 Å². The highest BCUT2D eigenvalue weighted by atomic mass is 16.6. The molecule has 0 aliphatic carbocycles. The van der Waals surface area contributed by atoms with Crippen molar-refractivity contribution in [2.45, 2.75) is 6.10 Å². The van der Waals surface area contributed by atoms with Gasteiger partial charge < -0.3 is 4.74 Å². The van der Waals surface area contributed by atoms with Crippen molar-refractivity contribution < 1.29 is 14.5 Å². The number of hydrogen-bond acceptors (Lipinski definition) is 4. The molecular weight excluding hydrogens is 260 g/mol. The normalized spacial score (nSPS) is 11.3. The van der Waals surface area contributed by atoms with E-state index < -0.39 is 17.1 Å². The van der Waals surface area contributed by atoms with Crippen LogP contribution in [0.1, 0.15) is 11.7 Å². The van der Waals surface area contributed by atoms with Crippen LogP contribution in [0.15, 0.2) is 48.8 Å². The maximum atomic E-state index is 11.8. The number of ether oxygens (including phenoxy) is 1. The van der Waals surface area contributed by atoms with E-state index in [0.717, 1.165) is 0 Å². The van der Waals surface area contributed by atoms with E-state index in [1.165, 1.54) is 35.2 Å². The average molecular weight is 270 g/mol. The number of hydrogen-bond donors (Lipinski definition) is 0. The van der Waals surface area contributed by atoms with Crippen LogP contribution < -0.4 is 0 Å². The van der Waals surface area contributed by atoms with Crippen LogP contribution in [0.5, 0.6) is 0 Å². The average Bonchev–Trinajstić information content (AvgIpc) is 2.98. The first-order chi connectivity index (χ1) is 9.63. The molecule has 2 aromatic rings. The van der Waals surface area contributed by atoms with E-state index in [1.54, 1.807) is 18.2 Å². The molecule has 0 amide bonds. The minimum atomic E-state index is -1.12. The summed E-state index contributed by atoms with van der Waals surface area (Å²) in [6.45, 7) is 0. The van der Waals surface area contributed by atoms with E-state index in [1.807, 2.05) is 0 Å². The largest absolute Gasteiger partial charge is 0.427 e. The lowest BCUT2D eigenvalue weighted by Gasteiger charge is -2.13. The molecule has 0 aliphatic rings. The predicted octanol–water partition coefficient (Wildman–Crippen LogP) is 2.76. The summed E-state index contributed by atoms with van der Waals surface area (Å²) in [5.74, 6) is 2.25. The molecule has 0 fully saturated rings. The summed E-state index contributed by atoms with van der Waals surface area (Å²) in [6, 6.07) is 9.18. The number of rotatable bonds is 3. The first-order valence-corrected chi connectivity index (χ1v) is 5.67. The second kappa shape index (κ2) is 5.71. The van der Waals surface area contributed by atoms with Crippen molar-refractivity contribution in [3.05, 3.63) is 64.5 Å². The summed E-state index contributed by atoms with van der Waals surface area (Å²) in [5.41, 5.74) is -0.0173. The molecule has 100 valence electrons. The summed E-state index contributed by atoms with van der Waals surface area (Å²) in [4.78, 5) is 22.2. The van der Waals surface area contributed by atoms with Crippen molar-refractivity contribution in [1.29, 1.82) is 0 Å². The van der Waals surface area contributed by atoms with E-state index in [4.69, 9.17) is 11.2 Å². The fraction of sp³-hybridized carbons (Fsp3) is 0.0714. The molecule has 0 spiro atoms. The highest BCUT2D eigenvalue weighted by Gasteiger charge is 2.23. The SMILES string of the molecule is C#CC(OC(=O)n1cccc1)c1ccccc1[N+](=O)[O-]. The summed E-state index contributed by atoms with van der Waals surface area (Å²) in [7, 11) is 0. The molecule has 6 heteroatoms. The Morgan fingerprint density at radius 2 is 1.95 bits per heavy atom. The number of para-hydroxylation sites is 1. The number of nitro groups is 1. The molecule has 1 aromatic carbocycles. The highest BCUT2D eigenvalue weighted by Crippen LogP contribution is 2.27. The summed E-state index contributed by atoms with van der Waals surface area (Å²) >= 11 is 0. The van der Waals surface area contributed by atoms with Gasteiger partial charge in [0.1, 0.15) is 0 Å². The van der Waals surface area contributed by atoms with E-state index in [9.17, 15) is 14.9 Å². The van der Waals surface area contributed by atoms with Gasteiger partial charge in [-0.1, -0.05) is 18.1 Å². The zero-order valence-electron chi connectivity index (χ0n) is 10.3. The van der Waals surface area contributed by atoms with Gasteiger partial charge in [-0.2, -0.15) is 0 Å². The monoisotopic (exact) mass is 270 g/mol. The van der Waals surface area contributed by atoms with Crippen molar-refractivity contribution >= 4 is 11.8 Å². The summed E-state index contributed by atoms with van der Waals surface area (Å²) < 4.78 is 6.30. The van der Waals surface area contributed by atoms with Crippen LogP contribution in [0.25, 0.3) is 0 Å². The van der Waals surface area contributed by atoms with E-state index in [2.05, 4.69) is 5.92 Å². The molecule has 1 heterocycles. The number of carbonyl (C=O) groups excluding carboxylic acids is 1. The molecule has 1 aromatic heterocycles. The summed E-state index contributed by atoms with van der Waals surface area (Å²) in [6.07, 6.45) is 6.49. The van der Waals surface area contributed by atoms with Crippen LogP contribution in [0.4, 0.5) is 10.5 Å². The molecule has 0 saturated heterocycles. The maximum Gasteiger partial charge on any atom is 0.419 e. The van der Waals surface area contributed by atoms with Gasteiger partial charge in [-0.15, -0.1) is 6.42 Å². The quantitative estimate of drug-likeness (QED) is 0.488. The van der Waals surface area contributed by atoms with Crippen molar-refractivity contribution in [3.8, 4) is 12.3 Å². The smallest absolute Gasteiger partial charge is 0.419 e. The Balaban J connectivity index is 2.28. The zero-order valence-corrected chi connectivity index (χ0v) is 10.3. The standard InChI is InChI=1S/C14H10N2O4/c1-2-13(20-14(17)15-9-5-6-10-15)11-7-3-4-8-12(11)16(18)19/h1,3-10,13H. The second-order valence-electron chi connectivity index (χ2n) is 3.84. The first-order valence-electron chi connectivity index (χ1n) is 5.67. The second-order valence-corrected chi connectivity index (χ2v) is 3.84. The van der Waals surface area contributed by atoms with E-state index in [0.29, 0.717) is 0 Å². The minimum absolute atomic E-state index is 0.167. The molecular formula is C14H10N2O4. The molecule has 6 nitrogen and oxygen atoms in total. The molecule has 20 heavy (non-hydrogen) atoms. The van der Waals surface area contributed by atoms with Gasteiger partial charge in [0.15, 0.2) is 6.10 Å². The third-order valence-corrected chi connectivity index (χ3v) is 2.60. The Morgan fingerprint density at radius 3 is 2.55 bits per heavy atom. The molecule has 0 aliphatic heterocycles. The van der Waals surface area contributed by atoms with Crippen LogP contribution >= 0.6 is 0 Å². The zero-order chi connectivity index (χ0) is 14.5.